The zero-order valence-corrected chi connectivity index (χ0v) is 14.6. The van der Waals surface area contributed by atoms with Gasteiger partial charge in [0.2, 0.25) is 0 Å². The number of anilines is 2. The van der Waals surface area contributed by atoms with Gasteiger partial charge in [0, 0.05) is 30.4 Å². The standard InChI is InChI=1S/C20H18N4O3/c25-19-10-5-15(13-27-19)20(26)21-16-6-3-14(4-7-16)17-8-9-18(23-22-17)24-11-1-2-12-24/h3-10,13H,1-2,11-12H2,(H,21,26). The molecule has 0 atom stereocenters. The first kappa shape index (κ1) is 17.0. The Morgan fingerprint density at radius 2 is 1.74 bits per heavy atom. The van der Waals surface area contributed by atoms with Crippen LogP contribution in [-0.2, 0) is 0 Å². The van der Waals surface area contributed by atoms with Gasteiger partial charge in [0.15, 0.2) is 5.82 Å². The van der Waals surface area contributed by atoms with Gasteiger partial charge < -0.3 is 14.6 Å². The predicted molar refractivity (Wildman–Crippen MR) is 102 cm³/mol. The fraction of sp³-hybridized carbons (Fsp3) is 0.200. The number of amides is 1. The molecule has 0 bridgehead atoms. The van der Waals surface area contributed by atoms with Crippen molar-refractivity contribution in [3.63, 3.8) is 0 Å². The molecule has 1 N–H and O–H groups in total. The lowest BCUT2D eigenvalue weighted by molar-refractivity contribution is 0.102. The van der Waals surface area contributed by atoms with Crippen LogP contribution in [0.4, 0.5) is 11.5 Å². The van der Waals surface area contributed by atoms with Gasteiger partial charge in [-0.05, 0) is 43.2 Å². The maximum Gasteiger partial charge on any atom is 0.335 e. The molecule has 3 aromatic rings. The molecule has 1 aliphatic rings. The lowest BCUT2D eigenvalue weighted by Crippen LogP contribution is -2.19. The quantitative estimate of drug-likeness (QED) is 0.768. The minimum absolute atomic E-state index is 0.280. The summed E-state index contributed by atoms with van der Waals surface area (Å²) in [6, 6.07) is 13.9. The number of carbonyl (C=O) groups excluding carboxylic acids is 1. The van der Waals surface area contributed by atoms with E-state index in [2.05, 4.69) is 20.4 Å². The number of carbonyl (C=O) groups is 1. The largest absolute Gasteiger partial charge is 0.430 e. The number of nitrogens with one attached hydrogen (secondary N) is 1. The molecular weight excluding hydrogens is 344 g/mol. The van der Waals surface area contributed by atoms with Crippen molar-refractivity contribution in [2.75, 3.05) is 23.3 Å². The minimum atomic E-state index is -0.493. The van der Waals surface area contributed by atoms with Crippen LogP contribution in [0.2, 0.25) is 0 Å². The Hall–Kier alpha value is -3.48. The second kappa shape index (κ2) is 7.41. The third-order valence-electron chi connectivity index (χ3n) is 4.48. The van der Waals surface area contributed by atoms with Crippen molar-refractivity contribution in [3.8, 4) is 11.3 Å². The molecule has 1 amide bonds. The first-order valence-electron chi connectivity index (χ1n) is 8.78. The van der Waals surface area contributed by atoms with E-state index in [0.717, 1.165) is 36.4 Å². The molecule has 136 valence electrons. The average Bonchev–Trinajstić information content (AvgIpc) is 3.24. The van der Waals surface area contributed by atoms with E-state index >= 15 is 0 Å². The lowest BCUT2D eigenvalue weighted by Gasteiger charge is -2.15. The van der Waals surface area contributed by atoms with Crippen molar-refractivity contribution < 1.29 is 9.21 Å². The molecule has 27 heavy (non-hydrogen) atoms. The van der Waals surface area contributed by atoms with Crippen molar-refractivity contribution in [1.82, 2.24) is 10.2 Å². The van der Waals surface area contributed by atoms with Gasteiger partial charge in [-0.3, -0.25) is 4.79 Å². The summed E-state index contributed by atoms with van der Waals surface area (Å²) in [5.74, 6) is 0.566. The highest BCUT2D eigenvalue weighted by molar-refractivity contribution is 6.04. The Bertz CT molecular complexity index is 970. The fourth-order valence-corrected chi connectivity index (χ4v) is 3.01. The number of aromatic nitrogens is 2. The summed E-state index contributed by atoms with van der Waals surface area (Å²) in [5, 5.41) is 11.4. The lowest BCUT2D eigenvalue weighted by atomic mass is 10.1. The van der Waals surface area contributed by atoms with Crippen molar-refractivity contribution in [1.29, 1.82) is 0 Å². The topological polar surface area (TPSA) is 88.3 Å². The third-order valence-corrected chi connectivity index (χ3v) is 4.48. The molecule has 0 radical (unpaired) electrons. The number of hydrogen-bond donors (Lipinski definition) is 1. The van der Waals surface area contributed by atoms with Crippen LogP contribution in [-0.4, -0.2) is 29.2 Å². The molecule has 0 spiro atoms. The highest BCUT2D eigenvalue weighted by Crippen LogP contribution is 2.22. The van der Waals surface area contributed by atoms with E-state index in [4.69, 9.17) is 4.42 Å². The second-order valence-electron chi connectivity index (χ2n) is 6.35. The van der Waals surface area contributed by atoms with Crippen molar-refractivity contribution in [2.45, 2.75) is 12.8 Å². The summed E-state index contributed by atoms with van der Waals surface area (Å²) in [4.78, 5) is 25.3. The maximum absolute atomic E-state index is 12.1. The zero-order valence-electron chi connectivity index (χ0n) is 14.6. The zero-order chi connectivity index (χ0) is 18.6. The molecule has 0 aliphatic carbocycles. The van der Waals surface area contributed by atoms with Crippen LogP contribution in [0.25, 0.3) is 11.3 Å². The molecular formula is C20H18N4O3. The van der Waals surface area contributed by atoms with Gasteiger partial charge in [-0.2, -0.15) is 0 Å². The average molecular weight is 362 g/mol. The third kappa shape index (κ3) is 3.87. The number of benzene rings is 1. The van der Waals surface area contributed by atoms with Crippen LogP contribution in [0.5, 0.6) is 0 Å². The van der Waals surface area contributed by atoms with Crippen LogP contribution in [0.15, 0.2) is 64.0 Å². The molecule has 4 rings (SSSR count). The van der Waals surface area contributed by atoms with Gasteiger partial charge in [0.05, 0.1) is 11.3 Å². The van der Waals surface area contributed by atoms with E-state index in [0.29, 0.717) is 5.69 Å². The highest BCUT2D eigenvalue weighted by Gasteiger charge is 2.14. The molecule has 1 aliphatic heterocycles. The second-order valence-corrected chi connectivity index (χ2v) is 6.35. The maximum atomic E-state index is 12.1. The van der Waals surface area contributed by atoms with Gasteiger partial charge in [0.25, 0.3) is 5.91 Å². The summed E-state index contributed by atoms with van der Waals surface area (Å²) >= 11 is 0. The summed E-state index contributed by atoms with van der Waals surface area (Å²) in [6.07, 6.45) is 3.54. The van der Waals surface area contributed by atoms with Crippen LogP contribution in [0, 0.1) is 0 Å². The normalized spacial score (nSPS) is 13.6. The summed E-state index contributed by atoms with van der Waals surface area (Å²) in [6.45, 7) is 2.07. The molecule has 1 saturated heterocycles. The molecule has 7 heteroatoms. The van der Waals surface area contributed by atoms with Crippen molar-refractivity contribution in [3.05, 3.63) is 70.8 Å². The molecule has 0 saturated carbocycles. The minimum Gasteiger partial charge on any atom is -0.430 e. The monoisotopic (exact) mass is 362 g/mol. The molecule has 1 fully saturated rings. The van der Waals surface area contributed by atoms with E-state index in [1.54, 1.807) is 12.1 Å². The summed E-state index contributed by atoms with van der Waals surface area (Å²) in [5.41, 5.74) is 2.12. The van der Waals surface area contributed by atoms with Crippen molar-refractivity contribution in [2.24, 2.45) is 0 Å². The van der Waals surface area contributed by atoms with E-state index in [1.165, 1.54) is 25.0 Å². The first-order chi connectivity index (χ1) is 13.2. The van der Waals surface area contributed by atoms with Gasteiger partial charge in [-0.1, -0.05) is 12.1 Å². The summed E-state index contributed by atoms with van der Waals surface area (Å²) in [7, 11) is 0. The number of rotatable bonds is 4. The van der Waals surface area contributed by atoms with E-state index < -0.39 is 5.63 Å². The van der Waals surface area contributed by atoms with Crippen LogP contribution in [0.1, 0.15) is 23.2 Å². The van der Waals surface area contributed by atoms with Crippen LogP contribution >= 0.6 is 0 Å². The Labute approximate surface area is 155 Å². The smallest absolute Gasteiger partial charge is 0.335 e. The van der Waals surface area contributed by atoms with Crippen LogP contribution in [0.3, 0.4) is 0 Å². The first-order valence-corrected chi connectivity index (χ1v) is 8.78. The Morgan fingerprint density at radius 1 is 0.963 bits per heavy atom. The molecule has 7 nitrogen and oxygen atoms in total. The van der Waals surface area contributed by atoms with Crippen LogP contribution < -0.4 is 15.8 Å². The van der Waals surface area contributed by atoms with Gasteiger partial charge in [-0.15, -0.1) is 10.2 Å². The van der Waals surface area contributed by atoms with E-state index in [9.17, 15) is 9.59 Å². The number of hydrogen-bond acceptors (Lipinski definition) is 6. The molecule has 0 unspecified atom stereocenters. The fourth-order valence-electron chi connectivity index (χ4n) is 3.01. The van der Waals surface area contributed by atoms with Gasteiger partial charge >= 0.3 is 5.63 Å². The van der Waals surface area contributed by atoms with Crippen molar-refractivity contribution >= 4 is 17.4 Å². The molecule has 1 aromatic carbocycles. The summed E-state index contributed by atoms with van der Waals surface area (Å²) < 4.78 is 4.71. The predicted octanol–water partition coefficient (Wildman–Crippen LogP) is 2.95. The molecule has 3 heterocycles. The number of nitrogens with zero attached hydrogens (tertiary/aromatic N) is 3. The van der Waals surface area contributed by atoms with Gasteiger partial charge in [0.1, 0.15) is 6.26 Å². The Kier molecular flexibility index (Phi) is 4.65. The Morgan fingerprint density at radius 3 is 2.37 bits per heavy atom. The SMILES string of the molecule is O=C(Nc1ccc(-c2ccc(N3CCCC3)nn2)cc1)c1ccc(=O)oc1. The van der Waals surface area contributed by atoms with E-state index in [-0.39, 0.29) is 11.5 Å². The Balaban J connectivity index is 1.44. The highest BCUT2D eigenvalue weighted by atomic mass is 16.4. The molecule has 2 aromatic heterocycles. The van der Waals surface area contributed by atoms with Gasteiger partial charge in [-0.25, -0.2) is 4.79 Å². The van der Waals surface area contributed by atoms with E-state index in [1.807, 2.05) is 24.3 Å².